The van der Waals surface area contributed by atoms with E-state index in [0.29, 0.717) is 0 Å². The van der Waals surface area contributed by atoms with Crippen molar-refractivity contribution >= 4 is 10.9 Å². The van der Waals surface area contributed by atoms with Gasteiger partial charge in [-0.3, -0.25) is 0 Å². The van der Waals surface area contributed by atoms with Crippen LogP contribution in [0.5, 0.6) is 0 Å². The average molecular weight is 8420 g/mol. The first-order valence-electron chi connectivity index (χ1n) is 3.91. The first kappa shape index (κ1) is 353. The molecule has 1 aromatic carbocycles. The van der Waals surface area contributed by atoms with Crippen molar-refractivity contribution in [1.29, 1.82) is 0 Å². The van der Waals surface area contributed by atoms with E-state index in [1.807, 2.05) is 12.3 Å². The molecule has 0 spiro atoms. The molecule has 326 valence electrons. The fourth-order valence-electron chi connectivity index (χ4n) is 1.36. The Bertz CT molecular complexity index is 400. The van der Waals surface area contributed by atoms with Gasteiger partial charge < -0.3 is 4.98 Å². The third-order valence-corrected chi connectivity index (χ3v) is 1.99. The van der Waals surface area contributed by atoms with Crippen LogP contribution in [0.15, 0.2) is 30.5 Å². The van der Waals surface area contributed by atoms with Crippen molar-refractivity contribution in [3.05, 3.63) is 36.0 Å². The summed E-state index contributed by atoms with van der Waals surface area (Å²) in [4.78, 5) is 4.29. The van der Waals surface area contributed by atoms with Gasteiger partial charge >= 0.3 is 0 Å². The number of hydrogen-bond donors (Lipinski definition) is 0. The predicted molar refractivity (Wildman–Crippen MR) is 46.6 cm³/mol. The molecule has 0 amide bonds. The van der Waals surface area contributed by atoms with Gasteiger partial charge in [0.1, 0.15) is 0 Å². The standard InChI is InChI=1S/C10H10N.45W/c1-2-8-7-11-10-6-4-3-5-9(8)10;;;;;;;;;;;;;;;;;;;;;;;;;;;;;;;;;;;;;;;;;;;;;/h3-7H,2H2,1H3;;;;;;;;;;;;;;;;;;;;;;;;;;;;;;;;;;;;;;;;;;;;;/q-1;;;;;;;;;;;;;;;;;;;;;;;;;;;;;;;;;;;;;;;;;;;;;. The van der Waals surface area contributed by atoms with Crippen molar-refractivity contribution in [3.8, 4) is 0 Å². The molecule has 0 aliphatic rings. The second-order valence-corrected chi connectivity index (χ2v) is 2.65. The number of nitrogens with zero attached hydrogens (tertiary/aromatic N) is 1. The monoisotopic (exact) mass is 8420 g/mol. The summed E-state index contributed by atoms with van der Waals surface area (Å²) in [5, 5.41) is 1.30. The normalized spacial score (nSPS) is 2.09. The maximum atomic E-state index is 4.29. The summed E-state index contributed by atoms with van der Waals surface area (Å²) in [5.41, 5.74) is 2.46. The predicted octanol–water partition coefficient (Wildman–Crippen LogP) is 2.25. The molecule has 56 heavy (non-hydrogen) atoms. The van der Waals surface area contributed by atoms with Gasteiger partial charge in [0.25, 0.3) is 0 Å². The number of rotatable bonds is 1. The summed E-state index contributed by atoms with van der Waals surface area (Å²) < 4.78 is 0. The molecule has 1 nitrogen and oxygen atoms in total. The van der Waals surface area contributed by atoms with Gasteiger partial charge in [-0.05, 0) is 11.8 Å². The van der Waals surface area contributed by atoms with E-state index in [1.165, 1.54) is 10.9 Å². The van der Waals surface area contributed by atoms with Crippen molar-refractivity contribution in [2.75, 3.05) is 0 Å². The van der Waals surface area contributed by atoms with Crippen LogP contribution in [0.2, 0.25) is 0 Å². The van der Waals surface area contributed by atoms with Gasteiger partial charge in [-0.15, -0.1) is 5.52 Å². The Balaban J connectivity index is -0.000000000762. The summed E-state index contributed by atoms with van der Waals surface area (Å²) in [6.07, 6.45) is 3.03. The Morgan fingerprint density at radius 3 is 0.589 bits per heavy atom. The van der Waals surface area contributed by atoms with E-state index in [1.54, 1.807) is 0 Å². The van der Waals surface area contributed by atoms with Crippen LogP contribution in [0.3, 0.4) is 0 Å². The minimum atomic E-state index is 0. The van der Waals surface area contributed by atoms with Gasteiger partial charge in [-0.1, -0.05) is 36.8 Å². The molecule has 0 aliphatic carbocycles. The van der Waals surface area contributed by atoms with Crippen LogP contribution in [0.4, 0.5) is 0 Å². The Hall–Kier alpha value is 29.7. The molecular formula is C10H10NW45-. The van der Waals surface area contributed by atoms with E-state index in [4.69, 9.17) is 0 Å². The average Bonchev–Trinajstić information content (AvgIpc) is 2.47. The SMILES string of the molecule is CCc1c[n-]c2ccccc12.[W].[W].[W].[W].[W].[W].[W].[W].[W].[W].[W].[W].[W].[W].[W].[W].[W].[W].[W].[W].[W].[W].[W].[W].[W].[W].[W].[W].[W].[W].[W].[W].[W].[W].[W].[W].[W].[W].[W].[W].[W].[W].[W].[W].[W]. The molecule has 0 atom stereocenters. The molecule has 1 heterocycles. The Morgan fingerprint density at radius 2 is 0.429 bits per heavy atom. The van der Waals surface area contributed by atoms with Crippen molar-refractivity contribution in [1.82, 2.24) is 4.98 Å². The van der Waals surface area contributed by atoms with Gasteiger partial charge in [0, 0.05) is 948 Å². The largest absolute Gasteiger partial charge is 0.663 e. The van der Waals surface area contributed by atoms with Crippen molar-refractivity contribution in [2.45, 2.75) is 13.3 Å². The first-order valence-corrected chi connectivity index (χ1v) is 3.91. The molecule has 1 aromatic heterocycles. The zero-order valence-corrected chi connectivity index (χ0v) is 157. The van der Waals surface area contributed by atoms with Crippen LogP contribution in [0.1, 0.15) is 12.5 Å². The number of hydrogen-bond acceptors (Lipinski definition) is 0. The molecule has 0 saturated heterocycles. The molecule has 0 saturated carbocycles. The van der Waals surface area contributed by atoms with Crippen LogP contribution in [0, 0.1) is 0 Å². The summed E-state index contributed by atoms with van der Waals surface area (Å²) in [7, 11) is 0. The summed E-state index contributed by atoms with van der Waals surface area (Å²) >= 11 is 0. The molecule has 2 aromatic rings. The first-order chi connectivity index (χ1) is 5.42. The zero-order chi connectivity index (χ0) is 7.68. The van der Waals surface area contributed by atoms with Gasteiger partial charge in [-0.2, -0.15) is 6.20 Å². The zero-order valence-electron chi connectivity index (χ0n) is 24.9. The molecular weight excluding hydrogens is 8410 g/mol. The van der Waals surface area contributed by atoms with Crippen molar-refractivity contribution < 1.29 is 948 Å². The second-order valence-electron chi connectivity index (χ2n) is 2.65. The minimum absolute atomic E-state index is 0. The van der Waals surface area contributed by atoms with Gasteiger partial charge in [0.2, 0.25) is 0 Å². The summed E-state index contributed by atoms with van der Waals surface area (Å²) in [6, 6.07) is 8.26. The number of fused-ring (bicyclic) bond motifs is 1. The minimum Gasteiger partial charge on any atom is -0.663 e. The maximum absolute atomic E-state index is 4.29. The Labute approximate surface area is 984 Å². The number of benzene rings is 1. The number of aromatic nitrogens is 1. The van der Waals surface area contributed by atoms with E-state index < -0.39 is 0 Å². The molecule has 0 unspecified atom stereocenters. The van der Waals surface area contributed by atoms with E-state index in [-0.39, 0.29) is 948 Å². The molecule has 2 rings (SSSR count). The van der Waals surface area contributed by atoms with E-state index in [9.17, 15) is 0 Å². The van der Waals surface area contributed by atoms with Crippen LogP contribution < -0.4 is 4.98 Å². The summed E-state index contributed by atoms with van der Waals surface area (Å²) in [5.74, 6) is 0. The van der Waals surface area contributed by atoms with Crippen LogP contribution >= 0.6 is 0 Å². The fraction of sp³-hybridized carbons (Fsp3) is 0.200. The number of aryl methyl sites for hydroxylation is 1. The quantitative estimate of drug-likeness (QED) is 0.429. The second kappa shape index (κ2) is 284. The molecule has 0 bridgehead atoms. The van der Waals surface area contributed by atoms with Crippen molar-refractivity contribution in [3.63, 3.8) is 0 Å². The van der Waals surface area contributed by atoms with Crippen LogP contribution in [-0.4, -0.2) is 0 Å². The number of para-hydroxylation sites is 1. The maximum Gasteiger partial charge on any atom is 0 e. The van der Waals surface area contributed by atoms with Gasteiger partial charge in [-0.25, -0.2) is 0 Å². The van der Waals surface area contributed by atoms with E-state index in [0.717, 1.165) is 11.9 Å². The molecule has 46 heteroatoms. The topological polar surface area (TPSA) is 14.1 Å². The summed E-state index contributed by atoms with van der Waals surface area (Å²) in [6.45, 7) is 2.16. The van der Waals surface area contributed by atoms with Gasteiger partial charge in [0.05, 0.1) is 0 Å². The third-order valence-electron chi connectivity index (χ3n) is 1.99. The Morgan fingerprint density at radius 1 is 0.268 bits per heavy atom. The Kier molecular flexibility index (Phi) is 1790. The molecule has 0 radical (unpaired) electrons. The molecule has 0 N–H and O–H groups in total. The molecule has 0 aliphatic heterocycles. The van der Waals surface area contributed by atoms with Crippen LogP contribution in [-0.2, 0) is 954 Å². The smallest absolute Gasteiger partial charge is 0 e. The van der Waals surface area contributed by atoms with Crippen molar-refractivity contribution in [2.24, 2.45) is 0 Å². The van der Waals surface area contributed by atoms with E-state index in [2.05, 4.69) is 30.1 Å². The van der Waals surface area contributed by atoms with E-state index >= 15 is 0 Å². The fourth-order valence-corrected chi connectivity index (χ4v) is 1.36. The molecule has 0 fully saturated rings. The third kappa shape index (κ3) is 214. The van der Waals surface area contributed by atoms with Gasteiger partial charge in [0.15, 0.2) is 0 Å². The van der Waals surface area contributed by atoms with Crippen LogP contribution in [0.25, 0.3) is 10.9 Å².